The molecule has 0 rings (SSSR count). The van der Waals surface area contributed by atoms with Gasteiger partial charge in [0, 0.05) is 9.52 Å². The van der Waals surface area contributed by atoms with E-state index >= 15 is 0 Å². The Kier molecular flexibility index (Phi) is 11.9. The van der Waals surface area contributed by atoms with Crippen LogP contribution in [0.5, 0.6) is 0 Å². The van der Waals surface area contributed by atoms with Gasteiger partial charge in [-0.3, -0.25) is 0 Å². The summed E-state index contributed by atoms with van der Waals surface area (Å²) >= 11 is 0. The van der Waals surface area contributed by atoms with Gasteiger partial charge in [0.1, 0.15) is 0 Å². The lowest BCUT2D eigenvalue weighted by Crippen LogP contribution is -2.27. The fourth-order valence-corrected chi connectivity index (χ4v) is 3.58. The zero-order chi connectivity index (χ0) is 13.8. The molecule has 0 aromatic rings. The average Bonchev–Trinajstić information content (AvgIpc) is 2.36. The molecular formula is C16H35NSi. The SMILES string of the molecule is CCCCN(CCCC)CCC[SiH2]C(C)=C(C)C. The first-order valence-electron chi connectivity index (χ1n) is 7.97. The Morgan fingerprint density at radius 2 is 1.33 bits per heavy atom. The Morgan fingerprint density at radius 1 is 0.833 bits per heavy atom. The summed E-state index contributed by atoms with van der Waals surface area (Å²) in [6, 6.07) is 1.49. The van der Waals surface area contributed by atoms with Crippen LogP contribution in [0, 0.1) is 0 Å². The second kappa shape index (κ2) is 12.0. The minimum atomic E-state index is 0.0599. The Hall–Kier alpha value is -0.0831. The van der Waals surface area contributed by atoms with Crippen LogP contribution in [-0.4, -0.2) is 34.1 Å². The van der Waals surface area contributed by atoms with Crippen LogP contribution in [-0.2, 0) is 0 Å². The molecule has 0 heterocycles. The molecule has 0 saturated heterocycles. The predicted molar refractivity (Wildman–Crippen MR) is 88.3 cm³/mol. The Balaban J connectivity index is 3.77. The van der Waals surface area contributed by atoms with E-state index in [9.17, 15) is 0 Å². The highest BCUT2D eigenvalue weighted by atomic mass is 28.2. The number of hydrogen-bond acceptors (Lipinski definition) is 1. The molecule has 0 radical (unpaired) electrons. The van der Waals surface area contributed by atoms with Gasteiger partial charge in [0.2, 0.25) is 0 Å². The topological polar surface area (TPSA) is 3.24 Å². The maximum Gasteiger partial charge on any atom is 0.0491 e. The van der Waals surface area contributed by atoms with E-state index in [1.54, 1.807) is 10.8 Å². The molecule has 108 valence electrons. The molecule has 0 aliphatic heterocycles. The summed E-state index contributed by atoms with van der Waals surface area (Å²) in [5.41, 5.74) is 1.57. The van der Waals surface area contributed by atoms with Crippen LogP contribution in [0.25, 0.3) is 0 Å². The fourth-order valence-electron chi connectivity index (χ4n) is 2.07. The summed E-state index contributed by atoms with van der Waals surface area (Å²) < 4.78 is 0. The molecule has 0 N–H and O–H groups in total. The molecule has 1 nitrogen and oxygen atoms in total. The Labute approximate surface area is 118 Å². The van der Waals surface area contributed by atoms with E-state index < -0.39 is 0 Å². The zero-order valence-electron chi connectivity index (χ0n) is 13.5. The van der Waals surface area contributed by atoms with Crippen molar-refractivity contribution in [3.8, 4) is 0 Å². The number of allylic oxidation sites excluding steroid dienone is 2. The Bertz CT molecular complexity index is 211. The van der Waals surface area contributed by atoms with Crippen LogP contribution in [0.3, 0.4) is 0 Å². The molecular weight excluding hydrogens is 234 g/mol. The Morgan fingerprint density at radius 3 is 1.78 bits per heavy atom. The average molecular weight is 270 g/mol. The van der Waals surface area contributed by atoms with Crippen LogP contribution in [0.1, 0.15) is 66.7 Å². The van der Waals surface area contributed by atoms with Crippen molar-refractivity contribution in [3.05, 3.63) is 10.8 Å². The first-order valence-corrected chi connectivity index (χ1v) is 9.67. The molecule has 0 fully saturated rings. The molecule has 0 aromatic carbocycles. The fraction of sp³-hybridized carbons (Fsp3) is 0.875. The number of unbranched alkanes of at least 4 members (excludes halogenated alkanes) is 2. The van der Waals surface area contributed by atoms with Gasteiger partial charge in [-0.1, -0.05) is 43.5 Å². The lowest BCUT2D eigenvalue weighted by atomic mass is 10.2. The minimum absolute atomic E-state index is 0.0599. The van der Waals surface area contributed by atoms with Crippen molar-refractivity contribution in [1.82, 2.24) is 4.90 Å². The lowest BCUT2D eigenvalue weighted by Gasteiger charge is -2.21. The molecule has 0 amide bonds. The van der Waals surface area contributed by atoms with Gasteiger partial charge in [-0.2, -0.15) is 0 Å². The van der Waals surface area contributed by atoms with Gasteiger partial charge < -0.3 is 4.90 Å². The van der Waals surface area contributed by atoms with Gasteiger partial charge in [-0.05, 0) is 59.7 Å². The van der Waals surface area contributed by atoms with Gasteiger partial charge in [0.15, 0.2) is 0 Å². The monoisotopic (exact) mass is 269 g/mol. The third-order valence-electron chi connectivity index (χ3n) is 3.79. The van der Waals surface area contributed by atoms with Crippen LogP contribution in [0.4, 0.5) is 0 Å². The minimum Gasteiger partial charge on any atom is -0.303 e. The summed E-state index contributed by atoms with van der Waals surface area (Å²) in [5, 5.41) is 1.73. The van der Waals surface area contributed by atoms with Gasteiger partial charge in [-0.15, -0.1) is 0 Å². The quantitative estimate of drug-likeness (QED) is 0.402. The maximum absolute atomic E-state index is 2.69. The molecule has 2 heteroatoms. The highest BCUT2D eigenvalue weighted by Crippen LogP contribution is 2.06. The van der Waals surface area contributed by atoms with Crippen molar-refractivity contribution in [3.63, 3.8) is 0 Å². The second-order valence-electron chi connectivity index (χ2n) is 5.79. The summed E-state index contributed by atoms with van der Waals surface area (Å²) in [7, 11) is 0.0599. The highest BCUT2D eigenvalue weighted by Gasteiger charge is 2.03. The summed E-state index contributed by atoms with van der Waals surface area (Å²) in [5.74, 6) is 0. The van der Waals surface area contributed by atoms with E-state index in [1.807, 2.05) is 0 Å². The van der Waals surface area contributed by atoms with Crippen molar-refractivity contribution in [1.29, 1.82) is 0 Å². The van der Waals surface area contributed by atoms with Gasteiger partial charge >= 0.3 is 0 Å². The molecule has 0 spiro atoms. The van der Waals surface area contributed by atoms with E-state index in [-0.39, 0.29) is 9.52 Å². The molecule has 0 saturated carbocycles. The van der Waals surface area contributed by atoms with Crippen molar-refractivity contribution >= 4 is 9.52 Å². The molecule has 0 aliphatic rings. The third kappa shape index (κ3) is 9.90. The summed E-state index contributed by atoms with van der Waals surface area (Å²) in [6.45, 7) is 15.4. The maximum atomic E-state index is 2.69. The predicted octanol–water partition coefficient (Wildman–Crippen LogP) is 4.18. The van der Waals surface area contributed by atoms with Gasteiger partial charge in [-0.25, -0.2) is 0 Å². The first kappa shape index (κ1) is 17.9. The standard InChI is InChI=1S/C16H35NSi/c1-6-8-11-17(12-9-7-2)13-10-14-18-16(5)15(3)4/h6-14,18H2,1-5H3. The number of nitrogens with zero attached hydrogens (tertiary/aromatic N) is 1. The largest absolute Gasteiger partial charge is 0.303 e. The van der Waals surface area contributed by atoms with E-state index in [0.717, 1.165) is 0 Å². The van der Waals surface area contributed by atoms with Gasteiger partial charge in [0.25, 0.3) is 0 Å². The van der Waals surface area contributed by atoms with Crippen LogP contribution in [0.15, 0.2) is 10.8 Å². The summed E-state index contributed by atoms with van der Waals surface area (Å²) in [4.78, 5) is 2.69. The molecule has 0 atom stereocenters. The van der Waals surface area contributed by atoms with E-state index in [1.165, 1.54) is 57.8 Å². The van der Waals surface area contributed by atoms with E-state index in [0.29, 0.717) is 0 Å². The number of hydrogen-bond donors (Lipinski definition) is 0. The van der Waals surface area contributed by atoms with Crippen molar-refractivity contribution in [2.24, 2.45) is 0 Å². The highest BCUT2D eigenvalue weighted by molar-refractivity contribution is 6.45. The van der Waals surface area contributed by atoms with Gasteiger partial charge in [0.05, 0.1) is 0 Å². The molecule has 18 heavy (non-hydrogen) atoms. The molecule has 0 bridgehead atoms. The lowest BCUT2D eigenvalue weighted by molar-refractivity contribution is 0.266. The number of rotatable bonds is 11. The smallest absolute Gasteiger partial charge is 0.0491 e. The first-order chi connectivity index (χ1) is 8.61. The third-order valence-corrected chi connectivity index (χ3v) is 6.10. The summed E-state index contributed by atoms with van der Waals surface area (Å²) in [6.07, 6.45) is 6.81. The van der Waals surface area contributed by atoms with Crippen molar-refractivity contribution in [2.45, 2.75) is 72.8 Å². The van der Waals surface area contributed by atoms with E-state index in [2.05, 4.69) is 39.5 Å². The van der Waals surface area contributed by atoms with Crippen molar-refractivity contribution < 1.29 is 0 Å². The zero-order valence-corrected chi connectivity index (χ0v) is 14.9. The van der Waals surface area contributed by atoms with Crippen LogP contribution >= 0.6 is 0 Å². The van der Waals surface area contributed by atoms with Crippen molar-refractivity contribution in [2.75, 3.05) is 19.6 Å². The normalized spacial score (nSPS) is 11.7. The van der Waals surface area contributed by atoms with Crippen LogP contribution < -0.4 is 0 Å². The van der Waals surface area contributed by atoms with Crippen LogP contribution in [0.2, 0.25) is 6.04 Å². The molecule has 0 aliphatic carbocycles. The second-order valence-corrected chi connectivity index (χ2v) is 8.05. The molecule has 0 unspecified atom stereocenters. The molecule has 0 aromatic heterocycles. The van der Waals surface area contributed by atoms with E-state index in [4.69, 9.17) is 0 Å².